The molecule has 1 amide bonds. The zero-order valence-electron chi connectivity index (χ0n) is 23.7. The first-order chi connectivity index (χ1) is 19.4. The summed E-state index contributed by atoms with van der Waals surface area (Å²) in [6.45, 7) is 4.62. The molecule has 0 aliphatic carbocycles. The van der Waals surface area contributed by atoms with E-state index < -0.39 is 0 Å². The number of unbranched alkanes of at least 4 members (excludes halogenated alkanes) is 1. The molecule has 5 nitrogen and oxygen atoms in total. The van der Waals surface area contributed by atoms with Crippen LogP contribution in [0.3, 0.4) is 0 Å². The largest absolute Gasteiger partial charge is 0.356 e. The van der Waals surface area contributed by atoms with Crippen LogP contribution in [0.4, 0.5) is 0 Å². The summed E-state index contributed by atoms with van der Waals surface area (Å²) in [5.41, 5.74) is 6.39. The lowest BCUT2D eigenvalue weighted by Crippen LogP contribution is -2.26. The first kappa shape index (κ1) is 29.3. The molecular weight excluding hydrogens is 514 g/mol. The molecule has 0 atom stereocenters. The van der Waals surface area contributed by atoms with Gasteiger partial charge in [-0.1, -0.05) is 102 Å². The third-order valence-corrected chi connectivity index (χ3v) is 8.36. The molecule has 0 radical (unpaired) electrons. The third kappa shape index (κ3) is 8.18. The zero-order valence-corrected chi connectivity index (χ0v) is 24.5. The second-order valence-corrected chi connectivity index (χ2v) is 11.4. The zero-order chi connectivity index (χ0) is 28.3. The van der Waals surface area contributed by atoms with Crippen molar-refractivity contribution in [1.82, 2.24) is 14.9 Å². The highest BCUT2D eigenvalue weighted by atomic mass is 32.2. The number of aromatic nitrogens is 2. The van der Waals surface area contributed by atoms with Crippen LogP contribution in [0.5, 0.6) is 0 Å². The molecule has 0 bridgehead atoms. The van der Waals surface area contributed by atoms with E-state index in [0.717, 1.165) is 47.0 Å². The fourth-order valence-corrected chi connectivity index (χ4v) is 5.87. The molecule has 0 spiro atoms. The molecule has 0 unspecified atom stereocenters. The molecule has 1 heterocycles. The van der Waals surface area contributed by atoms with Crippen molar-refractivity contribution >= 4 is 17.7 Å². The Morgan fingerprint density at radius 2 is 1.52 bits per heavy atom. The van der Waals surface area contributed by atoms with Gasteiger partial charge in [0, 0.05) is 49.4 Å². The lowest BCUT2D eigenvalue weighted by molar-refractivity contribution is -0.121. The summed E-state index contributed by atoms with van der Waals surface area (Å²) in [6.07, 6.45) is 3.63. The van der Waals surface area contributed by atoms with Crippen molar-refractivity contribution in [2.45, 2.75) is 57.0 Å². The number of amides is 1. The minimum absolute atomic E-state index is 0.0132. The van der Waals surface area contributed by atoms with Gasteiger partial charge in [0.1, 0.15) is 0 Å². The van der Waals surface area contributed by atoms with Gasteiger partial charge in [-0.3, -0.25) is 14.2 Å². The van der Waals surface area contributed by atoms with Gasteiger partial charge in [0.25, 0.3) is 5.56 Å². The number of carbonyl (C=O) groups excluding carboxylic acids is 1. The summed E-state index contributed by atoms with van der Waals surface area (Å²) >= 11 is 1.58. The quantitative estimate of drug-likeness (QED) is 0.115. The van der Waals surface area contributed by atoms with E-state index in [9.17, 15) is 9.59 Å². The Hall–Kier alpha value is -3.64. The van der Waals surface area contributed by atoms with E-state index in [2.05, 4.69) is 85.0 Å². The smallest absolute Gasteiger partial charge is 0.257 e. The number of nitrogens with zero attached hydrogens (tertiary/aromatic N) is 2. The first-order valence-corrected chi connectivity index (χ1v) is 15.0. The normalized spacial score (nSPS) is 11.1. The van der Waals surface area contributed by atoms with Gasteiger partial charge in [-0.15, -0.1) is 0 Å². The van der Waals surface area contributed by atoms with Crippen LogP contribution in [0.2, 0.25) is 0 Å². The van der Waals surface area contributed by atoms with E-state index in [1.807, 2.05) is 19.1 Å². The molecule has 208 valence electrons. The van der Waals surface area contributed by atoms with Gasteiger partial charge in [-0.2, -0.15) is 0 Å². The number of rotatable bonds is 13. The van der Waals surface area contributed by atoms with Crippen molar-refractivity contribution in [2.75, 3.05) is 12.3 Å². The lowest BCUT2D eigenvalue weighted by Gasteiger charge is -2.18. The number of benzene rings is 3. The summed E-state index contributed by atoms with van der Waals surface area (Å²) in [6, 6.07) is 29.2. The number of hydrogen-bond donors (Lipinski definition) is 1. The highest BCUT2D eigenvalue weighted by molar-refractivity contribution is 7.99. The Balaban J connectivity index is 1.21. The number of thioether (sulfide) groups is 1. The maximum Gasteiger partial charge on any atom is 0.257 e. The molecule has 0 aliphatic rings. The van der Waals surface area contributed by atoms with Crippen LogP contribution < -0.4 is 10.9 Å². The van der Waals surface area contributed by atoms with E-state index in [-0.39, 0.29) is 17.4 Å². The Morgan fingerprint density at radius 3 is 2.15 bits per heavy atom. The van der Waals surface area contributed by atoms with Crippen LogP contribution >= 0.6 is 11.8 Å². The third-order valence-electron chi connectivity index (χ3n) is 7.24. The van der Waals surface area contributed by atoms with Crippen molar-refractivity contribution in [3.05, 3.63) is 129 Å². The summed E-state index contributed by atoms with van der Waals surface area (Å²) in [7, 11) is 1.79. The van der Waals surface area contributed by atoms with Gasteiger partial charge in [0.15, 0.2) is 5.16 Å². The average Bonchev–Trinajstić information content (AvgIpc) is 2.97. The Bertz CT molecular complexity index is 1390. The number of aryl methyl sites for hydroxylation is 2. The highest BCUT2D eigenvalue weighted by Gasteiger charge is 2.15. The molecule has 4 rings (SSSR count). The number of nitrogens with one attached hydrogen (secondary N) is 1. The van der Waals surface area contributed by atoms with E-state index in [0.29, 0.717) is 19.4 Å². The minimum Gasteiger partial charge on any atom is -0.356 e. The molecule has 40 heavy (non-hydrogen) atoms. The summed E-state index contributed by atoms with van der Waals surface area (Å²) in [5.74, 6) is 1.16. The minimum atomic E-state index is 0.0132. The van der Waals surface area contributed by atoms with Gasteiger partial charge in [0.2, 0.25) is 5.91 Å². The molecule has 6 heteroatoms. The Labute approximate surface area is 242 Å². The first-order valence-electron chi connectivity index (χ1n) is 14.0. The molecule has 4 aromatic rings. The van der Waals surface area contributed by atoms with Crippen molar-refractivity contribution in [3.8, 4) is 0 Å². The Morgan fingerprint density at radius 1 is 0.900 bits per heavy atom. The monoisotopic (exact) mass is 553 g/mol. The maximum atomic E-state index is 13.0. The SMILES string of the molecule is Cc1ccc(Cc2c(C)nc(SCCCCC(=O)NCCC(c3ccccc3)c3ccccc3)n(C)c2=O)cc1. The van der Waals surface area contributed by atoms with Crippen LogP contribution in [0.15, 0.2) is 94.9 Å². The lowest BCUT2D eigenvalue weighted by atomic mass is 9.88. The van der Waals surface area contributed by atoms with E-state index >= 15 is 0 Å². The van der Waals surface area contributed by atoms with Crippen LogP contribution in [-0.2, 0) is 18.3 Å². The van der Waals surface area contributed by atoms with Gasteiger partial charge >= 0.3 is 0 Å². The Kier molecular flexibility index (Phi) is 10.8. The second kappa shape index (κ2) is 14.7. The fraction of sp³-hybridized carbons (Fsp3) is 0.324. The summed E-state index contributed by atoms with van der Waals surface area (Å²) in [5, 5.41) is 3.84. The summed E-state index contributed by atoms with van der Waals surface area (Å²) in [4.78, 5) is 30.3. The predicted molar refractivity (Wildman–Crippen MR) is 165 cm³/mol. The van der Waals surface area contributed by atoms with Crippen LogP contribution in [-0.4, -0.2) is 27.8 Å². The molecule has 0 saturated heterocycles. The molecule has 1 N–H and O–H groups in total. The molecule has 0 fully saturated rings. The van der Waals surface area contributed by atoms with Crippen molar-refractivity contribution in [2.24, 2.45) is 7.05 Å². The fourth-order valence-electron chi connectivity index (χ4n) is 4.86. The molecule has 0 saturated carbocycles. The molecule has 1 aromatic heterocycles. The predicted octanol–water partition coefficient (Wildman–Crippen LogP) is 6.59. The molecule has 0 aliphatic heterocycles. The van der Waals surface area contributed by atoms with Crippen molar-refractivity contribution < 1.29 is 4.79 Å². The van der Waals surface area contributed by atoms with Gasteiger partial charge < -0.3 is 5.32 Å². The van der Waals surface area contributed by atoms with Gasteiger partial charge in [0.05, 0.1) is 0 Å². The van der Waals surface area contributed by atoms with Crippen LogP contribution in [0.25, 0.3) is 0 Å². The van der Waals surface area contributed by atoms with Gasteiger partial charge in [-0.05, 0) is 49.8 Å². The average molecular weight is 554 g/mol. The van der Waals surface area contributed by atoms with E-state index in [1.165, 1.54) is 16.7 Å². The van der Waals surface area contributed by atoms with Crippen LogP contribution in [0, 0.1) is 13.8 Å². The molecular formula is C34H39N3O2S. The van der Waals surface area contributed by atoms with Crippen molar-refractivity contribution in [1.29, 1.82) is 0 Å². The summed E-state index contributed by atoms with van der Waals surface area (Å²) < 4.78 is 1.66. The standard InChI is InChI=1S/C34H39N3O2S/c1-25-17-19-27(20-18-25)24-31-26(2)36-34(37(3)33(31)39)40-23-11-10-16-32(38)35-22-21-30(28-12-6-4-7-13-28)29-14-8-5-9-15-29/h4-9,12-15,17-20,30H,10-11,16,21-24H2,1-3H3,(H,35,38). The van der Waals surface area contributed by atoms with Gasteiger partial charge in [-0.25, -0.2) is 4.98 Å². The van der Waals surface area contributed by atoms with E-state index in [1.54, 1.807) is 23.4 Å². The number of carbonyl (C=O) groups is 1. The highest BCUT2D eigenvalue weighted by Crippen LogP contribution is 2.27. The second-order valence-electron chi connectivity index (χ2n) is 10.3. The van der Waals surface area contributed by atoms with Crippen LogP contribution in [0.1, 0.15) is 65.1 Å². The van der Waals surface area contributed by atoms with E-state index in [4.69, 9.17) is 4.98 Å². The molecule has 3 aromatic carbocycles. The topological polar surface area (TPSA) is 64.0 Å². The van der Waals surface area contributed by atoms with Crippen molar-refractivity contribution in [3.63, 3.8) is 0 Å². The maximum absolute atomic E-state index is 13.0. The number of hydrogen-bond acceptors (Lipinski definition) is 4.